The lowest BCUT2D eigenvalue weighted by atomic mass is 9.85. The summed E-state index contributed by atoms with van der Waals surface area (Å²) in [6.07, 6.45) is 0. The van der Waals surface area contributed by atoms with Gasteiger partial charge in [0, 0.05) is 41.8 Å². The van der Waals surface area contributed by atoms with Gasteiger partial charge in [0.05, 0.1) is 0 Å². The van der Waals surface area contributed by atoms with Crippen LogP contribution in [0.2, 0.25) is 10.0 Å². The van der Waals surface area contributed by atoms with Gasteiger partial charge in [-0.05, 0) is 60.2 Å². The van der Waals surface area contributed by atoms with E-state index in [2.05, 4.69) is 34.7 Å². The van der Waals surface area contributed by atoms with E-state index >= 15 is 0 Å². The van der Waals surface area contributed by atoms with E-state index in [4.69, 9.17) is 35.4 Å². The molecule has 126 valence electrons. The number of nitrogens with one attached hydrogen (secondary N) is 2. The van der Waals surface area contributed by atoms with Gasteiger partial charge in [0.25, 0.3) is 0 Å². The molecule has 24 heavy (non-hydrogen) atoms. The highest BCUT2D eigenvalue weighted by atomic mass is 35.5. The number of benzene rings is 2. The Morgan fingerprint density at radius 1 is 1.21 bits per heavy atom. The van der Waals surface area contributed by atoms with Gasteiger partial charge in [-0.15, -0.1) is 0 Å². The molecule has 3 nitrogen and oxygen atoms in total. The zero-order valence-electron chi connectivity index (χ0n) is 13.6. The summed E-state index contributed by atoms with van der Waals surface area (Å²) in [6.45, 7) is 1.78. The molecule has 0 aromatic heterocycles. The minimum absolute atomic E-state index is 0.250. The van der Waals surface area contributed by atoms with E-state index in [0.29, 0.717) is 10.1 Å². The highest BCUT2D eigenvalue weighted by Gasteiger charge is 2.26. The fraction of sp³-hybridized carbons (Fsp3) is 0.278. The summed E-state index contributed by atoms with van der Waals surface area (Å²) in [5, 5.41) is 8.07. The first-order chi connectivity index (χ1) is 11.5. The van der Waals surface area contributed by atoms with Gasteiger partial charge < -0.3 is 15.5 Å². The number of hydrogen-bond donors (Lipinski definition) is 2. The first-order valence-electron chi connectivity index (χ1n) is 7.73. The molecule has 1 unspecified atom stereocenters. The summed E-state index contributed by atoms with van der Waals surface area (Å²) >= 11 is 17.8. The van der Waals surface area contributed by atoms with Crippen molar-refractivity contribution in [1.29, 1.82) is 0 Å². The van der Waals surface area contributed by atoms with E-state index < -0.39 is 0 Å². The van der Waals surface area contributed by atoms with Crippen LogP contribution in [-0.2, 0) is 6.54 Å². The molecular formula is C18H19Cl2N3S. The van der Waals surface area contributed by atoms with Crippen molar-refractivity contribution in [2.75, 3.05) is 26.0 Å². The topological polar surface area (TPSA) is 27.3 Å². The third-order valence-corrected chi connectivity index (χ3v) is 5.15. The average molecular weight is 380 g/mol. The summed E-state index contributed by atoms with van der Waals surface area (Å²) in [5.74, 6) is 0.250. The van der Waals surface area contributed by atoms with Crippen molar-refractivity contribution in [2.24, 2.45) is 0 Å². The largest absolute Gasteiger partial charge is 0.366 e. The molecule has 2 aromatic carbocycles. The first kappa shape index (κ1) is 17.5. The third-order valence-electron chi connectivity index (χ3n) is 4.29. The second-order valence-corrected chi connectivity index (χ2v) is 7.28. The molecule has 0 saturated carbocycles. The molecule has 0 amide bonds. The Morgan fingerprint density at radius 3 is 2.58 bits per heavy atom. The number of likely N-dealkylation sites (N-methyl/N-ethyl adjacent to an activating group) is 1. The Bertz CT molecular complexity index is 762. The molecule has 1 heterocycles. The molecule has 0 aliphatic carbocycles. The van der Waals surface area contributed by atoms with E-state index in [1.807, 2.05) is 24.3 Å². The molecule has 2 aromatic rings. The maximum atomic E-state index is 6.42. The highest BCUT2D eigenvalue weighted by molar-refractivity contribution is 7.80. The number of nitrogens with zero attached hydrogens (tertiary/aromatic N) is 1. The minimum Gasteiger partial charge on any atom is -0.366 e. The zero-order valence-corrected chi connectivity index (χ0v) is 15.9. The van der Waals surface area contributed by atoms with Crippen molar-refractivity contribution in [3.05, 3.63) is 63.1 Å². The predicted molar refractivity (Wildman–Crippen MR) is 106 cm³/mol. The normalized spacial score (nSPS) is 17.2. The second-order valence-electron chi connectivity index (χ2n) is 6.03. The second kappa shape index (κ2) is 7.28. The van der Waals surface area contributed by atoms with E-state index in [0.717, 1.165) is 23.8 Å². The van der Waals surface area contributed by atoms with Gasteiger partial charge in [0.15, 0.2) is 5.11 Å². The third kappa shape index (κ3) is 3.67. The molecular weight excluding hydrogens is 361 g/mol. The highest BCUT2D eigenvalue weighted by Crippen LogP contribution is 2.38. The fourth-order valence-electron chi connectivity index (χ4n) is 3.12. The molecule has 0 spiro atoms. The molecule has 0 saturated heterocycles. The maximum Gasteiger partial charge on any atom is 0.170 e. The standard InChI is InChI=1S/C18H19Cl2N3S/c1-21-18(24)22-13-5-3-11(4-6-13)15-9-23(2)10-16-14(15)7-12(19)8-17(16)20/h3-8,15H,9-10H2,1-2H3,(H2,21,22,24). The minimum atomic E-state index is 0.250. The lowest BCUT2D eigenvalue weighted by molar-refractivity contribution is 0.295. The van der Waals surface area contributed by atoms with Crippen molar-refractivity contribution in [1.82, 2.24) is 10.2 Å². The Labute approximate surface area is 157 Å². The Morgan fingerprint density at radius 2 is 1.92 bits per heavy atom. The number of anilines is 1. The number of fused-ring (bicyclic) bond motifs is 1. The number of halogens is 2. The molecule has 1 atom stereocenters. The number of thiocarbonyl (C=S) groups is 1. The number of hydrogen-bond acceptors (Lipinski definition) is 2. The van der Waals surface area contributed by atoms with Crippen molar-refractivity contribution < 1.29 is 0 Å². The van der Waals surface area contributed by atoms with Crippen LogP contribution in [0.15, 0.2) is 36.4 Å². The molecule has 0 radical (unpaired) electrons. The van der Waals surface area contributed by atoms with Crippen LogP contribution in [0.1, 0.15) is 22.6 Å². The summed E-state index contributed by atoms with van der Waals surface area (Å²) in [5.41, 5.74) is 4.59. The molecule has 1 aliphatic heterocycles. The molecule has 0 bridgehead atoms. The summed E-state index contributed by atoms with van der Waals surface area (Å²) in [4.78, 5) is 2.29. The summed E-state index contributed by atoms with van der Waals surface area (Å²) < 4.78 is 0. The maximum absolute atomic E-state index is 6.42. The van der Waals surface area contributed by atoms with Crippen LogP contribution >= 0.6 is 35.4 Å². The average Bonchev–Trinajstić information content (AvgIpc) is 2.55. The Balaban J connectivity index is 1.94. The molecule has 2 N–H and O–H groups in total. The predicted octanol–water partition coefficient (Wildman–Crippen LogP) is 4.49. The fourth-order valence-corrected chi connectivity index (χ4v) is 3.81. The Kier molecular flexibility index (Phi) is 5.30. The molecule has 3 rings (SSSR count). The monoisotopic (exact) mass is 379 g/mol. The van der Waals surface area contributed by atoms with Crippen molar-refractivity contribution in [2.45, 2.75) is 12.5 Å². The van der Waals surface area contributed by atoms with Crippen LogP contribution in [0.4, 0.5) is 5.69 Å². The van der Waals surface area contributed by atoms with Gasteiger partial charge in [0.1, 0.15) is 0 Å². The van der Waals surface area contributed by atoms with Crippen molar-refractivity contribution >= 4 is 46.2 Å². The number of rotatable bonds is 2. The smallest absolute Gasteiger partial charge is 0.170 e. The van der Waals surface area contributed by atoms with Gasteiger partial charge >= 0.3 is 0 Å². The molecule has 0 fully saturated rings. The van der Waals surface area contributed by atoms with Crippen LogP contribution in [0.25, 0.3) is 0 Å². The van der Waals surface area contributed by atoms with E-state index in [-0.39, 0.29) is 5.92 Å². The van der Waals surface area contributed by atoms with Gasteiger partial charge in [-0.3, -0.25) is 0 Å². The van der Waals surface area contributed by atoms with Crippen LogP contribution < -0.4 is 10.6 Å². The first-order valence-corrected chi connectivity index (χ1v) is 8.89. The van der Waals surface area contributed by atoms with Gasteiger partial charge in [-0.2, -0.15) is 0 Å². The molecule has 6 heteroatoms. The molecule has 1 aliphatic rings. The van der Waals surface area contributed by atoms with Crippen LogP contribution in [0.3, 0.4) is 0 Å². The van der Waals surface area contributed by atoms with Crippen LogP contribution in [-0.4, -0.2) is 30.7 Å². The van der Waals surface area contributed by atoms with E-state index in [9.17, 15) is 0 Å². The summed E-state index contributed by atoms with van der Waals surface area (Å²) in [7, 11) is 3.91. The van der Waals surface area contributed by atoms with Gasteiger partial charge in [-0.1, -0.05) is 35.3 Å². The van der Waals surface area contributed by atoms with Crippen molar-refractivity contribution in [3.8, 4) is 0 Å². The van der Waals surface area contributed by atoms with E-state index in [1.54, 1.807) is 7.05 Å². The van der Waals surface area contributed by atoms with Crippen LogP contribution in [0.5, 0.6) is 0 Å². The van der Waals surface area contributed by atoms with Crippen LogP contribution in [0, 0.1) is 0 Å². The lowest BCUT2D eigenvalue weighted by Crippen LogP contribution is -2.31. The quantitative estimate of drug-likeness (QED) is 0.751. The van der Waals surface area contributed by atoms with Crippen molar-refractivity contribution in [3.63, 3.8) is 0 Å². The van der Waals surface area contributed by atoms with E-state index in [1.165, 1.54) is 16.7 Å². The Hall–Kier alpha value is -1.33. The SMILES string of the molecule is CNC(=S)Nc1ccc(C2CN(C)Cc3c(Cl)cc(Cl)cc32)cc1. The zero-order chi connectivity index (χ0) is 17.3. The lowest BCUT2D eigenvalue weighted by Gasteiger charge is -2.33. The summed E-state index contributed by atoms with van der Waals surface area (Å²) in [6, 6.07) is 12.2. The van der Waals surface area contributed by atoms with Gasteiger partial charge in [-0.25, -0.2) is 0 Å². The van der Waals surface area contributed by atoms with Gasteiger partial charge in [0.2, 0.25) is 0 Å².